The molecule has 2 heteroatoms. The van der Waals surface area contributed by atoms with Crippen LogP contribution in [-0.2, 0) is 4.79 Å². The van der Waals surface area contributed by atoms with Crippen LogP contribution in [0.2, 0.25) is 0 Å². The number of aldehydes is 1. The Balaban J connectivity index is 2.45. The molecule has 0 aliphatic carbocycles. The van der Waals surface area contributed by atoms with Gasteiger partial charge in [0.15, 0.2) is 0 Å². The normalized spacial score (nSPS) is 26.5. The summed E-state index contributed by atoms with van der Waals surface area (Å²) in [5.41, 5.74) is 0.761. The van der Waals surface area contributed by atoms with E-state index in [1.165, 1.54) is 6.42 Å². The molecule has 1 aliphatic heterocycles. The quantitative estimate of drug-likeness (QED) is 0.437. The van der Waals surface area contributed by atoms with E-state index in [4.69, 9.17) is 0 Å². The molecule has 0 N–H and O–H groups in total. The third-order valence-electron chi connectivity index (χ3n) is 2.30. The predicted molar refractivity (Wildman–Crippen MR) is 45.4 cm³/mol. The molecule has 0 amide bonds. The summed E-state index contributed by atoms with van der Waals surface area (Å²) in [6.07, 6.45) is 3.21. The second-order valence-corrected chi connectivity index (χ2v) is 3.29. The average Bonchev–Trinajstić information content (AvgIpc) is 2.03. The minimum Gasteiger partial charge on any atom is -0.306 e. The van der Waals surface area contributed by atoms with E-state index in [0.717, 1.165) is 31.4 Å². The Hall–Kier alpha value is -0.630. The molecule has 1 atom stereocenters. The summed E-state index contributed by atoms with van der Waals surface area (Å²) < 4.78 is 0. The maximum atomic E-state index is 10.4. The van der Waals surface area contributed by atoms with Crippen LogP contribution in [0.4, 0.5) is 0 Å². The van der Waals surface area contributed by atoms with Crippen molar-refractivity contribution in [3.8, 4) is 0 Å². The van der Waals surface area contributed by atoms with E-state index < -0.39 is 0 Å². The Labute approximate surface area is 67.9 Å². The average molecular weight is 153 g/mol. The van der Waals surface area contributed by atoms with Crippen LogP contribution in [0, 0.1) is 5.92 Å². The van der Waals surface area contributed by atoms with Gasteiger partial charge < -0.3 is 4.90 Å². The van der Waals surface area contributed by atoms with Gasteiger partial charge in [-0.15, -0.1) is 0 Å². The maximum Gasteiger partial charge on any atom is 0.145 e. The van der Waals surface area contributed by atoms with Gasteiger partial charge in [0.25, 0.3) is 0 Å². The van der Waals surface area contributed by atoms with Gasteiger partial charge in [0.1, 0.15) is 6.29 Å². The smallest absolute Gasteiger partial charge is 0.145 e. The van der Waals surface area contributed by atoms with Crippen molar-refractivity contribution < 1.29 is 4.79 Å². The van der Waals surface area contributed by atoms with Gasteiger partial charge in [-0.05, 0) is 37.9 Å². The van der Waals surface area contributed by atoms with E-state index in [1.54, 1.807) is 0 Å². The van der Waals surface area contributed by atoms with Crippen LogP contribution in [0.15, 0.2) is 12.2 Å². The largest absolute Gasteiger partial charge is 0.306 e. The number of hydrogen-bond acceptors (Lipinski definition) is 2. The van der Waals surface area contributed by atoms with Crippen molar-refractivity contribution in [1.29, 1.82) is 0 Å². The van der Waals surface area contributed by atoms with Crippen LogP contribution in [-0.4, -0.2) is 31.3 Å². The van der Waals surface area contributed by atoms with Crippen molar-refractivity contribution in [3.63, 3.8) is 0 Å². The fraction of sp³-hybridized carbons (Fsp3) is 0.667. The zero-order chi connectivity index (χ0) is 8.27. The van der Waals surface area contributed by atoms with Crippen molar-refractivity contribution in [2.24, 2.45) is 5.92 Å². The fourth-order valence-electron chi connectivity index (χ4n) is 1.57. The first-order valence-electron chi connectivity index (χ1n) is 4.06. The van der Waals surface area contributed by atoms with E-state index in [0.29, 0.717) is 5.92 Å². The second-order valence-electron chi connectivity index (χ2n) is 3.29. The Morgan fingerprint density at radius 2 is 2.45 bits per heavy atom. The molecule has 1 fully saturated rings. The lowest BCUT2D eigenvalue weighted by atomic mass is 9.92. The summed E-state index contributed by atoms with van der Waals surface area (Å²) >= 11 is 0. The standard InChI is InChI=1S/C9H15NO/c1-8(7-11)9-4-3-5-10(2)6-9/h7,9H,1,3-6H2,2H3. The predicted octanol–water partition coefficient (Wildman–Crippen LogP) is 1.08. The minimum atomic E-state index is 0.409. The SMILES string of the molecule is C=C(C=O)C1CCCN(C)C1. The topological polar surface area (TPSA) is 20.3 Å². The number of likely N-dealkylation sites (tertiary alicyclic amines) is 1. The summed E-state index contributed by atoms with van der Waals surface area (Å²) in [6, 6.07) is 0. The van der Waals surface area contributed by atoms with Gasteiger partial charge in [0.05, 0.1) is 0 Å². The summed E-state index contributed by atoms with van der Waals surface area (Å²) in [5, 5.41) is 0. The number of hydrogen-bond donors (Lipinski definition) is 0. The molecule has 1 rings (SSSR count). The Morgan fingerprint density at radius 3 is 3.00 bits per heavy atom. The van der Waals surface area contributed by atoms with Gasteiger partial charge in [-0.25, -0.2) is 0 Å². The Bertz CT molecular complexity index is 165. The molecule has 62 valence electrons. The molecule has 11 heavy (non-hydrogen) atoms. The van der Waals surface area contributed by atoms with Crippen LogP contribution in [0.1, 0.15) is 12.8 Å². The lowest BCUT2D eigenvalue weighted by Crippen LogP contribution is -2.32. The van der Waals surface area contributed by atoms with Crippen LogP contribution in [0.5, 0.6) is 0 Å². The van der Waals surface area contributed by atoms with Crippen LogP contribution in [0.3, 0.4) is 0 Å². The van der Waals surface area contributed by atoms with Gasteiger partial charge in [0.2, 0.25) is 0 Å². The van der Waals surface area contributed by atoms with Crippen molar-refractivity contribution in [2.45, 2.75) is 12.8 Å². The highest BCUT2D eigenvalue weighted by atomic mass is 16.1. The van der Waals surface area contributed by atoms with Gasteiger partial charge in [-0.1, -0.05) is 6.58 Å². The van der Waals surface area contributed by atoms with Crippen LogP contribution in [0.25, 0.3) is 0 Å². The molecule has 0 aromatic carbocycles. The number of carbonyl (C=O) groups is 1. The first-order valence-corrected chi connectivity index (χ1v) is 4.06. The van der Waals surface area contributed by atoms with E-state index in [2.05, 4.69) is 18.5 Å². The number of carbonyl (C=O) groups excluding carboxylic acids is 1. The molecule has 0 radical (unpaired) electrons. The molecule has 2 nitrogen and oxygen atoms in total. The van der Waals surface area contributed by atoms with E-state index in [9.17, 15) is 4.79 Å². The van der Waals surface area contributed by atoms with Crippen molar-refractivity contribution in [1.82, 2.24) is 4.90 Å². The Kier molecular flexibility index (Phi) is 2.83. The highest BCUT2D eigenvalue weighted by Gasteiger charge is 2.18. The fourth-order valence-corrected chi connectivity index (χ4v) is 1.57. The lowest BCUT2D eigenvalue weighted by molar-refractivity contribution is -0.105. The summed E-state index contributed by atoms with van der Waals surface area (Å²) in [5.74, 6) is 0.409. The molecular formula is C9H15NO. The first-order chi connectivity index (χ1) is 5.24. The van der Waals surface area contributed by atoms with E-state index >= 15 is 0 Å². The zero-order valence-corrected chi connectivity index (χ0v) is 7.05. The second kappa shape index (κ2) is 3.67. The highest BCUT2D eigenvalue weighted by Crippen LogP contribution is 2.19. The third-order valence-corrected chi connectivity index (χ3v) is 2.30. The number of rotatable bonds is 2. The Morgan fingerprint density at radius 1 is 1.73 bits per heavy atom. The van der Waals surface area contributed by atoms with Gasteiger partial charge >= 0.3 is 0 Å². The molecule has 0 bridgehead atoms. The highest BCUT2D eigenvalue weighted by molar-refractivity contribution is 5.72. The van der Waals surface area contributed by atoms with Crippen molar-refractivity contribution in [3.05, 3.63) is 12.2 Å². The van der Waals surface area contributed by atoms with Crippen LogP contribution >= 0.6 is 0 Å². The summed E-state index contributed by atoms with van der Waals surface area (Å²) in [4.78, 5) is 12.6. The zero-order valence-electron chi connectivity index (χ0n) is 7.05. The summed E-state index contributed by atoms with van der Waals surface area (Å²) in [6.45, 7) is 5.89. The summed E-state index contributed by atoms with van der Waals surface area (Å²) in [7, 11) is 2.09. The van der Waals surface area contributed by atoms with Crippen LogP contribution < -0.4 is 0 Å². The molecular weight excluding hydrogens is 138 g/mol. The lowest BCUT2D eigenvalue weighted by Gasteiger charge is -2.29. The minimum absolute atomic E-state index is 0.409. The maximum absolute atomic E-state index is 10.4. The molecule has 0 aromatic rings. The first kappa shape index (κ1) is 8.47. The van der Waals surface area contributed by atoms with Crippen molar-refractivity contribution >= 4 is 6.29 Å². The number of nitrogens with zero attached hydrogens (tertiary/aromatic N) is 1. The monoisotopic (exact) mass is 153 g/mol. The molecule has 0 saturated carbocycles. The van der Waals surface area contributed by atoms with E-state index in [1.807, 2.05) is 0 Å². The van der Waals surface area contributed by atoms with Crippen molar-refractivity contribution in [2.75, 3.05) is 20.1 Å². The van der Waals surface area contributed by atoms with Gasteiger partial charge in [-0.3, -0.25) is 4.79 Å². The van der Waals surface area contributed by atoms with Gasteiger partial charge in [0, 0.05) is 6.54 Å². The molecule has 1 unspecified atom stereocenters. The molecule has 0 aromatic heterocycles. The molecule has 1 saturated heterocycles. The van der Waals surface area contributed by atoms with E-state index in [-0.39, 0.29) is 0 Å². The molecule has 0 spiro atoms. The third kappa shape index (κ3) is 2.15. The van der Waals surface area contributed by atoms with Gasteiger partial charge in [-0.2, -0.15) is 0 Å². The molecule has 1 heterocycles. The number of piperidine rings is 1. The molecule has 1 aliphatic rings.